The molecule has 4 aromatic carbocycles. The van der Waals surface area contributed by atoms with E-state index >= 15 is 0 Å². The van der Waals surface area contributed by atoms with Crippen molar-refractivity contribution in [3.05, 3.63) is 113 Å². The normalized spacial score (nSPS) is 14.9. The minimum atomic E-state index is -0.286. The van der Waals surface area contributed by atoms with Crippen LogP contribution in [0.1, 0.15) is 11.1 Å². The van der Waals surface area contributed by atoms with Crippen molar-refractivity contribution in [2.45, 2.75) is 6.61 Å². The standard InChI is InChI=1S/C27H18FNO2S2/c28-20-13-10-18(11-14-20)17-31-24-15-12-19-6-4-5-9-22(19)23(24)16-25-26(30)29(27(32)33-25)21-7-2-1-3-8-21/h1-16H,17H2. The van der Waals surface area contributed by atoms with Crippen LogP contribution < -0.4 is 9.64 Å². The van der Waals surface area contributed by atoms with E-state index < -0.39 is 0 Å². The van der Waals surface area contributed by atoms with E-state index in [0.717, 1.165) is 27.6 Å². The molecule has 1 fully saturated rings. The van der Waals surface area contributed by atoms with Crippen LogP contribution >= 0.6 is 24.0 Å². The lowest BCUT2D eigenvalue weighted by atomic mass is 10.0. The number of anilines is 1. The maximum atomic E-state index is 13.3. The average molecular weight is 472 g/mol. The predicted octanol–water partition coefficient (Wildman–Crippen LogP) is 6.96. The van der Waals surface area contributed by atoms with Crippen molar-refractivity contribution in [1.29, 1.82) is 0 Å². The van der Waals surface area contributed by atoms with Gasteiger partial charge < -0.3 is 4.74 Å². The number of nitrogens with zero attached hydrogens (tertiary/aromatic N) is 1. The number of hydrogen-bond acceptors (Lipinski definition) is 4. The Balaban J connectivity index is 1.53. The zero-order chi connectivity index (χ0) is 22.8. The largest absolute Gasteiger partial charge is 0.488 e. The molecule has 0 radical (unpaired) electrons. The van der Waals surface area contributed by atoms with Gasteiger partial charge in [-0.2, -0.15) is 0 Å². The Morgan fingerprint density at radius 3 is 2.42 bits per heavy atom. The number of benzene rings is 4. The van der Waals surface area contributed by atoms with Gasteiger partial charge in [0.05, 0.1) is 10.6 Å². The second kappa shape index (κ2) is 9.17. The highest BCUT2D eigenvalue weighted by molar-refractivity contribution is 8.27. The third-order valence-corrected chi connectivity index (χ3v) is 6.62. The summed E-state index contributed by atoms with van der Waals surface area (Å²) in [6.45, 7) is 0.282. The van der Waals surface area contributed by atoms with Gasteiger partial charge in [-0.1, -0.05) is 84.6 Å². The fourth-order valence-electron chi connectivity index (χ4n) is 3.69. The molecular weight excluding hydrogens is 453 g/mol. The summed E-state index contributed by atoms with van der Waals surface area (Å²) < 4.78 is 19.9. The molecule has 0 N–H and O–H groups in total. The van der Waals surface area contributed by atoms with E-state index in [-0.39, 0.29) is 18.3 Å². The predicted molar refractivity (Wildman–Crippen MR) is 137 cm³/mol. The molecular formula is C27H18FNO2S2. The molecule has 0 spiro atoms. The second-order valence-electron chi connectivity index (χ2n) is 7.47. The Kier molecular flexibility index (Phi) is 5.94. The lowest BCUT2D eigenvalue weighted by molar-refractivity contribution is -0.113. The first-order chi connectivity index (χ1) is 16.1. The Morgan fingerprint density at radius 2 is 1.64 bits per heavy atom. The van der Waals surface area contributed by atoms with Crippen molar-refractivity contribution in [1.82, 2.24) is 0 Å². The maximum Gasteiger partial charge on any atom is 0.270 e. The number of thioether (sulfide) groups is 1. The van der Waals surface area contributed by atoms with Crippen LogP contribution in [-0.4, -0.2) is 10.2 Å². The van der Waals surface area contributed by atoms with Gasteiger partial charge in [-0.15, -0.1) is 0 Å². The summed E-state index contributed by atoms with van der Waals surface area (Å²) in [5, 5.41) is 2.01. The molecule has 1 aliphatic heterocycles. The second-order valence-corrected chi connectivity index (χ2v) is 9.14. The van der Waals surface area contributed by atoms with Crippen LogP contribution in [0.3, 0.4) is 0 Å². The number of para-hydroxylation sites is 1. The number of carbonyl (C=O) groups is 1. The number of rotatable bonds is 5. The van der Waals surface area contributed by atoms with Crippen molar-refractivity contribution < 1.29 is 13.9 Å². The van der Waals surface area contributed by atoms with Gasteiger partial charge in [-0.25, -0.2) is 4.39 Å². The fourth-order valence-corrected chi connectivity index (χ4v) is 4.97. The van der Waals surface area contributed by atoms with E-state index in [0.29, 0.717) is 15.0 Å². The summed E-state index contributed by atoms with van der Waals surface area (Å²) in [7, 11) is 0. The minimum absolute atomic E-state index is 0.159. The van der Waals surface area contributed by atoms with Crippen LogP contribution in [0.5, 0.6) is 5.75 Å². The lowest BCUT2D eigenvalue weighted by Gasteiger charge is -2.14. The number of amides is 1. The summed E-state index contributed by atoms with van der Waals surface area (Å²) in [6.07, 6.45) is 1.85. The van der Waals surface area contributed by atoms with Crippen molar-refractivity contribution in [2.24, 2.45) is 0 Å². The fraction of sp³-hybridized carbons (Fsp3) is 0.0370. The van der Waals surface area contributed by atoms with Crippen molar-refractivity contribution in [3.8, 4) is 5.75 Å². The molecule has 1 saturated heterocycles. The quantitative estimate of drug-likeness (QED) is 0.232. The zero-order valence-electron chi connectivity index (χ0n) is 17.4. The van der Waals surface area contributed by atoms with Gasteiger partial charge >= 0.3 is 0 Å². The van der Waals surface area contributed by atoms with E-state index in [1.807, 2.05) is 72.8 Å². The number of fused-ring (bicyclic) bond motifs is 1. The summed E-state index contributed by atoms with van der Waals surface area (Å²) in [6, 6.07) is 27.4. The first kappa shape index (κ1) is 21.4. The molecule has 1 amide bonds. The van der Waals surface area contributed by atoms with Gasteiger partial charge in [0.2, 0.25) is 0 Å². The van der Waals surface area contributed by atoms with Crippen LogP contribution in [0.25, 0.3) is 16.8 Å². The van der Waals surface area contributed by atoms with Gasteiger partial charge in [0.25, 0.3) is 5.91 Å². The molecule has 5 rings (SSSR count). The minimum Gasteiger partial charge on any atom is -0.488 e. The number of ether oxygens (including phenoxy) is 1. The summed E-state index contributed by atoms with van der Waals surface area (Å²) >= 11 is 6.79. The van der Waals surface area contributed by atoms with E-state index in [1.54, 1.807) is 17.0 Å². The maximum absolute atomic E-state index is 13.3. The molecule has 0 aliphatic carbocycles. The van der Waals surface area contributed by atoms with Gasteiger partial charge in [-0.05, 0) is 52.7 Å². The summed E-state index contributed by atoms with van der Waals surface area (Å²) in [4.78, 5) is 15.3. The number of hydrogen-bond donors (Lipinski definition) is 0. The smallest absolute Gasteiger partial charge is 0.270 e. The lowest BCUT2D eigenvalue weighted by Crippen LogP contribution is -2.27. The SMILES string of the molecule is O=C1C(=Cc2c(OCc3ccc(F)cc3)ccc3ccccc23)SC(=S)N1c1ccccc1. The molecule has 3 nitrogen and oxygen atoms in total. The summed E-state index contributed by atoms with van der Waals surface area (Å²) in [5.74, 6) is 0.196. The molecule has 0 atom stereocenters. The Hall–Kier alpha value is -3.48. The van der Waals surface area contributed by atoms with Gasteiger partial charge in [0.1, 0.15) is 18.2 Å². The summed E-state index contributed by atoms with van der Waals surface area (Å²) in [5.41, 5.74) is 2.41. The highest BCUT2D eigenvalue weighted by Gasteiger charge is 2.33. The van der Waals surface area contributed by atoms with Crippen LogP contribution in [0.2, 0.25) is 0 Å². The van der Waals surface area contributed by atoms with Crippen LogP contribution in [0, 0.1) is 5.82 Å². The third kappa shape index (κ3) is 4.40. The van der Waals surface area contributed by atoms with Crippen LogP contribution in [0.4, 0.5) is 10.1 Å². The zero-order valence-corrected chi connectivity index (χ0v) is 19.0. The first-order valence-electron chi connectivity index (χ1n) is 10.3. The van der Waals surface area contributed by atoms with Gasteiger partial charge in [-0.3, -0.25) is 9.69 Å². The van der Waals surface area contributed by atoms with Crippen molar-refractivity contribution in [2.75, 3.05) is 4.90 Å². The highest BCUT2D eigenvalue weighted by Crippen LogP contribution is 2.39. The Morgan fingerprint density at radius 1 is 0.909 bits per heavy atom. The number of halogens is 1. The topological polar surface area (TPSA) is 29.5 Å². The average Bonchev–Trinajstić information content (AvgIpc) is 3.12. The molecule has 4 aromatic rings. The van der Waals surface area contributed by atoms with Crippen molar-refractivity contribution >= 4 is 56.7 Å². The van der Waals surface area contributed by atoms with E-state index in [2.05, 4.69) is 0 Å². The molecule has 0 bridgehead atoms. The van der Waals surface area contributed by atoms with E-state index in [9.17, 15) is 9.18 Å². The molecule has 0 unspecified atom stereocenters. The van der Waals surface area contributed by atoms with Crippen LogP contribution in [0.15, 0.2) is 95.9 Å². The van der Waals surface area contributed by atoms with Gasteiger partial charge in [0.15, 0.2) is 4.32 Å². The van der Waals surface area contributed by atoms with Crippen LogP contribution in [-0.2, 0) is 11.4 Å². The van der Waals surface area contributed by atoms with Crippen molar-refractivity contribution in [3.63, 3.8) is 0 Å². The highest BCUT2D eigenvalue weighted by atomic mass is 32.2. The molecule has 0 aromatic heterocycles. The molecule has 33 heavy (non-hydrogen) atoms. The molecule has 6 heteroatoms. The molecule has 162 valence electrons. The van der Waals surface area contributed by atoms with E-state index in [1.165, 1.54) is 23.9 Å². The number of thiocarbonyl (C=S) groups is 1. The first-order valence-corrected chi connectivity index (χ1v) is 11.5. The monoisotopic (exact) mass is 471 g/mol. The Bertz CT molecular complexity index is 1380. The molecule has 0 saturated carbocycles. The Labute approximate surface area is 200 Å². The van der Waals surface area contributed by atoms with E-state index in [4.69, 9.17) is 17.0 Å². The third-order valence-electron chi connectivity index (χ3n) is 5.32. The molecule has 1 aliphatic rings. The molecule has 1 heterocycles. The number of carbonyl (C=O) groups excluding carboxylic acids is 1. The van der Waals surface area contributed by atoms with Gasteiger partial charge in [0, 0.05) is 5.56 Å².